The lowest BCUT2D eigenvalue weighted by Crippen LogP contribution is -2.15. The molecule has 124 valence electrons. The van der Waals surface area contributed by atoms with Gasteiger partial charge < -0.3 is 10.1 Å². The average molecular weight is 321 g/mol. The van der Waals surface area contributed by atoms with Crippen LogP contribution < -0.4 is 10.1 Å². The van der Waals surface area contributed by atoms with Crippen LogP contribution >= 0.6 is 0 Å². The summed E-state index contributed by atoms with van der Waals surface area (Å²) in [6.07, 6.45) is 2.84. The Kier molecular flexibility index (Phi) is 4.38. The number of anilines is 2. The second kappa shape index (κ2) is 6.48. The van der Waals surface area contributed by atoms with Crippen molar-refractivity contribution < 1.29 is 4.74 Å². The first kappa shape index (κ1) is 16.2. The summed E-state index contributed by atoms with van der Waals surface area (Å²) < 4.78 is 5.22. The van der Waals surface area contributed by atoms with Crippen LogP contribution in [0.15, 0.2) is 48.7 Å². The highest BCUT2D eigenvalue weighted by atomic mass is 16.5. The Bertz CT molecular complexity index is 858. The van der Waals surface area contributed by atoms with E-state index in [1.54, 1.807) is 13.3 Å². The van der Waals surface area contributed by atoms with Gasteiger partial charge in [-0.2, -0.15) is 0 Å². The minimum atomic E-state index is 0.156. The molecule has 0 amide bonds. The van der Waals surface area contributed by atoms with Crippen LogP contribution in [0.5, 0.6) is 5.75 Å². The molecule has 1 N–H and O–H groups in total. The Balaban J connectivity index is 1.88. The van der Waals surface area contributed by atoms with Gasteiger partial charge in [0.15, 0.2) is 0 Å². The standard InChI is InChI=1S/C20H23N3O/c1-5-20(2,3)14-7-6-8-15(11-14)22-19-13-21-18-12-16(24-4)9-10-17(18)23-19/h6-13H,5H2,1-4H3,(H,22,23). The highest BCUT2D eigenvalue weighted by molar-refractivity contribution is 5.77. The predicted molar refractivity (Wildman–Crippen MR) is 99.1 cm³/mol. The van der Waals surface area contributed by atoms with Crippen LogP contribution in [-0.4, -0.2) is 17.1 Å². The van der Waals surface area contributed by atoms with Crippen LogP contribution in [0.2, 0.25) is 0 Å². The van der Waals surface area contributed by atoms with Crippen molar-refractivity contribution in [2.24, 2.45) is 0 Å². The van der Waals surface area contributed by atoms with E-state index < -0.39 is 0 Å². The molecular weight excluding hydrogens is 298 g/mol. The number of methoxy groups -OCH3 is 1. The van der Waals surface area contributed by atoms with E-state index in [2.05, 4.69) is 60.3 Å². The highest BCUT2D eigenvalue weighted by Gasteiger charge is 2.18. The molecule has 0 radical (unpaired) electrons. The van der Waals surface area contributed by atoms with Crippen LogP contribution in [0.25, 0.3) is 11.0 Å². The van der Waals surface area contributed by atoms with E-state index in [9.17, 15) is 0 Å². The van der Waals surface area contributed by atoms with E-state index in [0.717, 1.165) is 34.7 Å². The molecular formula is C20H23N3O. The van der Waals surface area contributed by atoms with Gasteiger partial charge in [-0.05, 0) is 41.7 Å². The molecule has 1 heterocycles. The van der Waals surface area contributed by atoms with E-state index in [4.69, 9.17) is 4.74 Å². The third kappa shape index (κ3) is 3.32. The molecule has 0 aliphatic rings. The fourth-order valence-electron chi connectivity index (χ4n) is 2.55. The normalized spacial score (nSPS) is 11.5. The van der Waals surface area contributed by atoms with Crippen molar-refractivity contribution in [3.8, 4) is 5.75 Å². The first-order chi connectivity index (χ1) is 11.5. The van der Waals surface area contributed by atoms with Crippen molar-refractivity contribution >= 4 is 22.5 Å². The fourth-order valence-corrected chi connectivity index (χ4v) is 2.55. The molecule has 3 rings (SSSR count). The second-order valence-electron chi connectivity index (χ2n) is 6.55. The van der Waals surface area contributed by atoms with Gasteiger partial charge in [0.2, 0.25) is 0 Å². The van der Waals surface area contributed by atoms with Gasteiger partial charge in [0.25, 0.3) is 0 Å². The molecule has 2 aromatic carbocycles. The predicted octanol–water partition coefficient (Wildman–Crippen LogP) is 5.07. The van der Waals surface area contributed by atoms with Crippen molar-refractivity contribution in [1.82, 2.24) is 9.97 Å². The molecule has 0 saturated heterocycles. The Labute approximate surface area is 142 Å². The van der Waals surface area contributed by atoms with Crippen molar-refractivity contribution in [1.29, 1.82) is 0 Å². The summed E-state index contributed by atoms with van der Waals surface area (Å²) >= 11 is 0. The summed E-state index contributed by atoms with van der Waals surface area (Å²) in [6, 6.07) is 14.2. The van der Waals surface area contributed by atoms with Gasteiger partial charge in [-0.15, -0.1) is 0 Å². The average Bonchev–Trinajstić information content (AvgIpc) is 2.61. The maximum Gasteiger partial charge on any atom is 0.149 e. The Morgan fingerprint density at radius 3 is 2.67 bits per heavy atom. The molecule has 0 aliphatic heterocycles. The largest absolute Gasteiger partial charge is 0.497 e. The molecule has 24 heavy (non-hydrogen) atoms. The first-order valence-corrected chi connectivity index (χ1v) is 8.20. The first-order valence-electron chi connectivity index (χ1n) is 8.20. The van der Waals surface area contributed by atoms with Gasteiger partial charge in [0.1, 0.15) is 11.6 Å². The van der Waals surface area contributed by atoms with Gasteiger partial charge in [-0.25, -0.2) is 4.98 Å². The summed E-state index contributed by atoms with van der Waals surface area (Å²) in [5.41, 5.74) is 4.15. The number of hydrogen-bond donors (Lipinski definition) is 1. The number of benzene rings is 2. The molecule has 0 bridgehead atoms. The maximum absolute atomic E-state index is 5.22. The molecule has 3 aromatic rings. The SMILES string of the molecule is CCC(C)(C)c1cccc(Nc2cnc3cc(OC)ccc3n2)c1. The molecule has 1 aromatic heterocycles. The zero-order valence-electron chi connectivity index (χ0n) is 14.6. The number of ether oxygens (including phenoxy) is 1. The quantitative estimate of drug-likeness (QED) is 0.712. The van der Waals surface area contributed by atoms with Crippen molar-refractivity contribution in [3.63, 3.8) is 0 Å². The lowest BCUT2D eigenvalue weighted by Gasteiger charge is -2.24. The van der Waals surface area contributed by atoms with Crippen molar-refractivity contribution in [2.45, 2.75) is 32.6 Å². The minimum Gasteiger partial charge on any atom is -0.497 e. The maximum atomic E-state index is 5.22. The van der Waals surface area contributed by atoms with E-state index in [0.29, 0.717) is 0 Å². The van der Waals surface area contributed by atoms with E-state index in [-0.39, 0.29) is 5.41 Å². The van der Waals surface area contributed by atoms with E-state index in [1.807, 2.05) is 18.2 Å². The van der Waals surface area contributed by atoms with E-state index in [1.165, 1.54) is 5.56 Å². The summed E-state index contributed by atoms with van der Waals surface area (Å²) in [5, 5.41) is 3.36. The molecule has 4 nitrogen and oxygen atoms in total. The number of nitrogens with zero attached hydrogens (tertiary/aromatic N) is 2. The molecule has 0 aliphatic carbocycles. The summed E-state index contributed by atoms with van der Waals surface area (Å²) in [5.74, 6) is 1.52. The van der Waals surface area contributed by atoms with Gasteiger partial charge in [0.05, 0.1) is 24.3 Å². The van der Waals surface area contributed by atoms with Crippen LogP contribution in [0.1, 0.15) is 32.8 Å². The lowest BCUT2D eigenvalue weighted by molar-refractivity contribution is 0.415. The zero-order valence-corrected chi connectivity index (χ0v) is 14.6. The molecule has 0 spiro atoms. The van der Waals surface area contributed by atoms with Crippen LogP contribution in [-0.2, 0) is 5.41 Å². The van der Waals surface area contributed by atoms with Gasteiger partial charge in [-0.1, -0.05) is 32.9 Å². The monoisotopic (exact) mass is 321 g/mol. The summed E-state index contributed by atoms with van der Waals surface area (Å²) in [4.78, 5) is 9.10. The van der Waals surface area contributed by atoms with Crippen LogP contribution in [0, 0.1) is 0 Å². The Morgan fingerprint density at radius 2 is 1.92 bits per heavy atom. The van der Waals surface area contributed by atoms with Crippen LogP contribution in [0.4, 0.5) is 11.5 Å². The molecule has 0 fully saturated rings. The second-order valence-corrected chi connectivity index (χ2v) is 6.55. The van der Waals surface area contributed by atoms with E-state index >= 15 is 0 Å². The molecule has 4 heteroatoms. The third-order valence-electron chi connectivity index (χ3n) is 4.55. The number of aromatic nitrogens is 2. The Hall–Kier alpha value is -2.62. The molecule has 0 unspecified atom stereocenters. The molecule has 0 atom stereocenters. The number of nitrogens with one attached hydrogen (secondary N) is 1. The summed E-state index contributed by atoms with van der Waals surface area (Å²) in [7, 11) is 1.65. The number of hydrogen-bond acceptors (Lipinski definition) is 4. The van der Waals surface area contributed by atoms with Crippen molar-refractivity contribution in [3.05, 3.63) is 54.2 Å². The Morgan fingerprint density at radius 1 is 1.08 bits per heavy atom. The number of rotatable bonds is 5. The minimum absolute atomic E-state index is 0.156. The van der Waals surface area contributed by atoms with Crippen molar-refractivity contribution in [2.75, 3.05) is 12.4 Å². The van der Waals surface area contributed by atoms with Gasteiger partial charge >= 0.3 is 0 Å². The lowest BCUT2D eigenvalue weighted by atomic mass is 9.82. The summed E-state index contributed by atoms with van der Waals surface area (Å²) in [6.45, 7) is 6.73. The van der Waals surface area contributed by atoms with Crippen LogP contribution in [0.3, 0.4) is 0 Å². The number of fused-ring (bicyclic) bond motifs is 1. The smallest absolute Gasteiger partial charge is 0.149 e. The fraction of sp³-hybridized carbons (Fsp3) is 0.300. The van der Waals surface area contributed by atoms with Gasteiger partial charge in [-0.3, -0.25) is 4.98 Å². The molecule has 0 saturated carbocycles. The third-order valence-corrected chi connectivity index (χ3v) is 4.55. The van der Waals surface area contributed by atoms with Gasteiger partial charge in [0, 0.05) is 11.8 Å². The zero-order chi connectivity index (χ0) is 17.2. The topological polar surface area (TPSA) is 47.0 Å². The highest BCUT2D eigenvalue weighted by Crippen LogP contribution is 2.29.